The van der Waals surface area contributed by atoms with Crippen molar-refractivity contribution in [2.45, 2.75) is 6.42 Å². The van der Waals surface area contributed by atoms with Crippen LogP contribution in [0.5, 0.6) is 0 Å². The van der Waals surface area contributed by atoms with Gasteiger partial charge in [-0.05, 0) is 0 Å². The van der Waals surface area contributed by atoms with Gasteiger partial charge in [-0.25, -0.2) is 4.98 Å². The van der Waals surface area contributed by atoms with Gasteiger partial charge in [-0.2, -0.15) is 0 Å². The van der Waals surface area contributed by atoms with Gasteiger partial charge >= 0.3 is 0 Å². The third-order valence-corrected chi connectivity index (χ3v) is 2.24. The molecule has 1 aromatic heterocycles. The van der Waals surface area contributed by atoms with Crippen molar-refractivity contribution in [2.24, 2.45) is 0 Å². The summed E-state index contributed by atoms with van der Waals surface area (Å²) >= 11 is 0. The molecule has 0 unspecified atom stereocenters. The van der Waals surface area contributed by atoms with Gasteiger partial charge in [0.15, 0.2) is 0 Å². The lowest BCUT2D eigenvalue weighted by atomic mass is 10.3. The number of carbonyl (C=O) groups excluding carboxylic acids is 1. The highest BCUT2D eigenvalue weighted by Gasteiger charge is 2.06. The molecule has 8 heteroatoms. The van der Waals surface area contributed by atoms with Gasteiger partial charge in [-0.15, -0.1) is 0 Å². The minimum atomic E-state index is -0.496. The number of hydrogen-bond donors (Lipinski definition) is 2. The SMILES string of the molecule is COCCNC(=O)CCNc1cc([N+](=O)[O-])ccn1. The van der Waals surface area contributed by atoms with Gasteiger partial charge in [0.05, 0.1) is 17.6 Å². The second-order valence-corrected chi connectivity index (χ2v) is 3.68. The lowest BCUT2D eigenvalue weighted by Crippen LogP contribution is -2.28. The fraction of sp³-hybridized carbons (Fsp3) is 0.455. The molecular weight excluding hydrogens is 252 g/mol. The lowest BCUT2D eigenvalue weighted by molar-refractivity contribution is -0.384. The molecule has 1 aromatic rings. The second kappa shape index (κ2) is 7.98. The van der Waals surface area contributed by atoms with Crippen LogP contribution in [0.25, 0.3) is 0 Å². The number of pyridine rings is 1. The van der Waals surface area contributed by atoms with E-state index in [9.17, 15) is 14.9 Å². The standard InChI is InChI=1S/C11H16N4O4/c1-19-7-6-14-11(16)3-5-13-10-8-9(15(17)18)2-4-12-10/h2,4,8H,3,5-7H2,1H3,(H,12,13)(H,14,16). The fourth-order valence-electron chi connectivity index (χ4n) is 1.31. The maximum atomic E-state index is 11.3. The van der Waals surface area contributed by atoms with Crippen LogP contribution in [0.2, 0.25) is 0 Å². The molecule has 1 amide bonds. The number of aromatic nitrogens is 1. The highest BCUT2D eigenvalue weighted by atomic mass is 16.6. The molecule has 0 bridgehead atoms. The van der Waals surface area contributed by atoms with Crippen molar-refractivity contribution in [1.29, 1.82) is 0 Å². The third-order valence-electron chi connectivity index (χ3n) is 2.24. The highest BCUT2D eigenvalue weighted by molar-refractivity contribution is 5.76. The van der Waals surface area contributed by atoms with Gasteiger partial charge in [-0.1, -0.05) is 0 Å². The summed E-state index contributed by atoms with van der Waals surface area (Å²) in [6.07, 6.45) is 1.60. The minimum absolute atomic E-state index is 0.0398. The number of methoxy groups -OCH3 is 1. The molecular formula is C11H16N4O4. The summed E-state index contributed by atoms with van der Waals surface area (Å²) in [5.74, 6) is 0.258. The first-order valence-electron chi connectivity index (χ1n) is 5.73. The van der Waals surface area contributed by atoms with Gasteiger partial charge in [-0.3, -0.25) is 14.9 Å². The summed E-state index contributed by atoms with van der Waals surface area (Å²) in [6.45, 7) is 1.28. The summed E-state index contributed by atoms with van der Waals surface area (Å²) in [6, 6.07) is 2.63. The van der Waals surface area contributed by atoms with E-state index in [1.165, 1.54) is 18.3 Å². The van der Waals surface area contributed by atoms with Crippen LogP contribution < -0.4 is 10.6 Å². The molecule has 104 valence electrons. The molecule has 0 saturated carbocycles. The van der Waals surface area contributed by atoms with Crippen LogP contribution in [0, 0.1) is 10.1 Å². The predicted octanol–water partition coefficient (Wildman–Crippen LogP) is 0.554. The van der Waals surface area contributed by atoms with E-state index < -0.39 is 4.92 Å². The van der Waals surface area contributed by atoms with E-state index in [1.54, 1.807) is 7.11 Å². The maximum Gasteiger partial charge on any atom is 0.274 e. The zero-order valence-electron chi connectivity index (χ0n) is 10.6. The predicted molar refractivity (Wildman–Crippen MR) is 68.9 cm³/mol. The minimum Gasteiger partial charge on any atom is -0.383 e. The van der Waals surface area contributed by atoms with Gasteiger partial charge < -0.3 is 15.4 Å². The molecule has 19 heavy (non-hydrogen) atoms. The van der Waals surface area contributed by atoms with Crippen molar-refractivity contribution in [3.8, 4) is 0 Å². The Balaban J connectivity index is 2.31. The first-order chi connectivity index (χ1) is 9.13. The Morgan fingerprint density at radius 2 is 2.32 bits per heavy atom. The average molecular weight is 268 g/mol. The first-order valence-corrected chi connectivity index (χ1v) is 5.73. The van der Waals surface area contributed by atoms with Crippen molar-refractivity contribution < 1.29 is 14.5 Å². The quantitative estimate of drug-likeness (QED) is 0.405. The molecule has 0 radical (unpaired) electrons. The van der Waals surface area contributed by atoms with Crippen LogP contribution in [0.4, 0.5) is 11.5 Å². The Labute approximate surface area is 110 Å². The molecule has 0 spiro atoms. The second-order valence-electron chi connectivity index (χ2n) is 3.68. The molecule has 0 saturated heterocycles. The first kappa shape index (κ1) is 14.8. The number of nitro groups is 1. The van der Waals surface area contributed by atoms with Crippen LogP contribution in [0.1, 0.15) is 6.42 Å². The van der Waals surface area contributed by atoms with Crippen molar-refractivity contribution in [1.82, 2.24) is 10.3 Å². The molecule has 0 fully saturated rings. The zero-order valence-corrected chi connectivity index (χ0v) is 10.6. The average Bonchev–Trinajstić information content (AvgIpc) is 2.39. The van der Waals surface area contributed by atoms with E-state index in [4.69, 9.17) is 4.74 Å². The molecule has 2 N–H and O–H groups in total. The summed E-state index contributed by atoms with van der Waals surface area (Å²) in [4.78, 5) is 25.3. The monoisotopic (exact) mass is 268 g/mol. The Hall–Kier alpha value is -2.22. The number of nitrogens with one attached hydrogen (secondary N) is 2. The number of amides is 1. The number of carbonyl (C=O) groups is 1. The van der Waals surface area contributed by atoms with Crippen LogP contribution in [0.3, 0.4) is 0 Å². The van der Waals surface area contributed by atoms with E-state index in [0.717, 1.165) is 0 Å². The Morgan fingerprint density at radius 3 is 3.00 bits per heavy atom. The van der Waals surface area contributed by atoms with E-state index in [0.29, 0.717) is 25.5 Å². The van der Waals surface area contributed by atoms with Gasteiger partial charge in [0.2, 0.25) is 5.91 Å². The van der Waals surface area contributed by atoms with Crippen molar-refractivity contribution >= 4 is 17.4 Å². The molecule has 0 aliphatic heterocycles. The number of hydrogen-bond acceptors (Lipinski definition) is 6. The Bertz CT molecular complexity index is 438. The summed E-state index contributed by atoms with van der Waals surface area (Å²) in [7, 11) is 1.56. The number of ether oxygens (including phenoxy) is 1. The molecule has 1 heterocycles. The number of anilines is 1. The van der Waals surface area contributed by atoms with E-state index >= 15 is 0 Å². The summed E-state index contributed by atoms with van der Waals surface area (Å²) in [5, 5.41) is 16.1. The fourth-order valence-corrected chi connectivity index (χ4v) is 1.31. The lowest BCUT2D eigenvalue weighted by Gasteiger charge is -2.06. The normalized spacial score (nSPS) is 9.95. The van der Waals surface area contributed by atoms with Gasteiger partial charge in [0.25, 0.3) is 5.69 Å². The van der Waals surface area contributed by atoms with Crippen LogP contribution in [-0.4, -0.2) is 42.6 Å². The number of rotatable bonds is 8. The number of nitrogens with zero attached hydrogens (tertiary/aromatic N) is 2. The summed E-state index contributed by atoms with van der Waals surface area (Å²) < 4.78 is 4.80. The van der Waals surface area contributed by atoms with Crippen molar-refractivity contribution in [2.75, 3.05) is 32.1 Å². The molecule has 0 atom stereocenters. The Morgan fingerprint density at radius 1 is 1.53 bits per heavy atom. The molecule has 0 aromatic carbocycles. The summed E-state index contributed by atoms with van der Waals surface area (Å²) in [5.41, 5.74) is -0.0398. The van der Waals surface area contributed by atoms with E-state index in [2.05, 4.69) is 15.6 Å². The molecule has 0 aliphatic rings. The van der Waals surface area contributed by atoms with E-state index in [1.807, 2.05) is 0 Å². The highest BCUT2D eigenvalue weighted by Crippen LogP contribution is 2.13. The molecule has 1 rings (SSSR count). The largest absolute Gasteiger partial charge is 0.383 e. The molecule has 0 aliphatic carbocycles. The van der Waals surface area contributed by atoms with Crippen LogP contribution in [-0.2, 0) is 9.53 Å². The van der Waals surface area contributed by atoms with Crippen molar-refractivity contribution in [3.63, 3.8) is 0 Å². The van der Waals surface area contributed by atoms with Crippen LogP contribution >= 0.6 is 0 Å². The van der Waals surface area contributed by atoms with Gasteiger partial charge in [0.1, 0.15) is 5.82 Å². The van der Waals surface area contributed by atoms with Crippen molar-refractivity contribution in [3.05, 3.63) is 28.4 Å². The Kier molecular flexibility index (Phi) is 6.23. The third kappa shape index (κ3) is 5.77. The van der Waals surface area contributed by atoms with Gasteiger partial charge in [0, 0.05) is 38.9 Å². The smallest absolute Gasteiger partial charge is 0.274 e. The molecule has 8 nitrogen and oxygen atoms in total. The van der Waals surface area contributed by atoms with Crippen LogP contribution in [0.15, 0.2) is 18.3 Å². The topological polar surface area (TPSA) is 106 Å². The zero-order chi connectivity index (χ0) is 14.1. The maximum absolute atomic E-state index is 11.3. The van der Waals surface area contributed by atoms with E-state index in [-0.39, 0.29) is 18.0 Å².